The molecule has 1 aromatic carbocycles. The topological polar surface area (TPSA) is 21.6 Å². The lowest BCUT2D eigenvalue weighted by Gasteiger charge is -1.96. The summed E-state index contributed by atoms with van der Waals surface area (Å²) in [6.45, 7) is 2.88. The van der Waals surface area contributed by atoms with Gasteiger partial charge in [0.1, 0.15) is 6.61 Å². The summed E-state index contributed by atoms with van der Waals surface area (Å²) < 4.78 is 0. The second-order valence-corrected chi connectivity index (χ2v) is 3.11. The van der Waals surface area contributed by atoms with Crippen molar-refractivity contribution in [3.63, 3.8) is 0 Å². The molecule has 0 heterocycles. The monoisotopic (exact) mass is 190 g/mol. The molecular formula is C12H16NO. The molecule has 1 aromatic rings. The van der Waals surface area contributed by atoms with Crippen LogP contribution in [0, 0.1) is 6.07 Å². The third kappa shape index (κ3) is 4.65. The van der Waals surface area contributed by atoms with Gasteiger partial charge in [0.25, 0.3) is 0 Å². The Morgan fingerprint density at radius 1 is 1.36 bits per heavy atom. The van der Waals surface area contributed by atoms with Crippen LogP contribution in [0.1, 0.15) is 31.7 Å². The molecular weight excluding hydrogens is 174 g/mol. The quantitative estimate of drug-likeness (QED) is 0.384. The third-order valence-electron chi connectivity index (χ3n) is 1.86. The molecule has 0 unspecified atom stereocenters. The van der Waals surface area contributed by atoms with Crippen molar-refractivity contribution in [3.8, 4) is 0 Å². The van der Waals surface area contributed by atoms with Crippen molar-refractivity contribution >= 4 is 6.21 Å². The molecule has 75 valence electrons. The van der Waals surface area contributed by atoms with Crippen LogP contribution < -0.4 is 0 Å². The van der Waals surface area contributed by atoms with E-state index in [-0.39, 0.29) is 0 Å². The molecule has 0 fully saturated rings. The van der Waals surface area contributed by atoms with Crippen molar-refractivity contribution in [1.29, 1.82) is 0 Å². The summed E-state index contributed by atoms with van der Waals surface area (Å²) in [5.74, 6) is 0. The highest BCUT2D eigenvalue weighted by atomic mass is 16.6. The zero-order valence-corrected chi connectivity index (χ0v) is 8.57. The largest absolute Gasteiger partial charge is 0.396 e. The van der Waals surface area contributed by atoms with E-state index < -0.39 is 0 Å². The summed E-state index contributed by atoms with van der Waals surface area (Å²) in [6.07, 6.45) is 5.22. The van der Waals surface area contributed by atoms with Crippen LogP contribution in [0.5, 0.6) is 0 Å². The van der Waals surface area contributed by atoms with Gasteiger partial charge in [-0.3, -0.25) is 0 Å². The molecule has 1 rings (SSSR count). The molecule has 0 N–H and O–H groups in total. The fourth-order valence-electron chi connectivity index (χ4n) is 1.05. The number of benzene rings is 1. The van der Waals surface area contributed by atoms with E-state index in [0.29, 0.717) is 6.61 Å². The Balaban J connectivity index is 2.15. The molecule has 14 heavy (non-hydrogen) atoms. The molecule has 0 aliphatic carbocycles. The van der Waals surface area contributed by atoms with Gasteiger partial charge >= 0.3 is 0 Å². The Bertz CT molecular complexity index is 256. The normalized spacial score (nSPS) is 10.6. The van der Waals surface area contributed by atoms with Crippen molar-refractivity contribution in [3.05, 3.63) is 35.9 Å². The molecule has 0 bridgehead atoms. The maximum Gasteiger partial charge on any atom is 0.117 e. The lowest BCUT2D eigenvalue weighted by Crippen LogP contribution is -1.88. The van der Waals surface area contributed by atoms with E-state index in [1.165, 1.54) is 12.8 Å². The van der Waals surface area contributed by atoms with E-state index in [1.807, 2.05) is 24.3 Å². The average Bonchev–Trinajstić information content (AvgIpc) is 2.25. The van der Waals surface area contributed by atoms with Crippen molar-refractivity contribution < 1.29 is 4.84 Å². The van der Waals surface area contributed by atoms with Crippen LogP contribution in [0.2, 0.25) is 0 Å². The first-order valence-electron chi connectivity index (χ1n) is 5.05. The summed E-state index contributed by atoms with van der Waals surface area (Å²) in [5.41, 5.74) is 1.04. The number of oxime groups is 1. The second kappa shape index (κ2) is 7.13. The Hall–Kier alpha value is -1.31. The summed E-state index contributed by atoms with van der Waals surface area (Å²) >= 11 is 0. The summed E-state index contributed by atoms with van der Waals surface area (Å²) in [4.78, 5) is 5.10. The van der Waals surface area contributed by atoms with Crippen molar-refractivity contribution in [2.45, 2.75) is 26.2 Å². The average molecular weight is 190 g/mol. The number of hydrogen-bond donors (Lipinski definition) is 0. The Morgan fingerprint density at radius 3 is 2.86 bits per heavy atom. The lowest BCUT2D eigenvalue weighted by molar-refractivity contribution is 0.141. The highest BCUT2D eigenvalue weighted by Gasteiger charge is 1.86. The number of unbranched alkanes of at least 4 members (excludes halogenated alkanes) is 2. The van der Waals surface area contributed by atoms with Gasteiger partial charge in [-0.25, -0.2) is 0 Å². The van der Waals surface area contributed by atoms with E-state index in [9.17, 15) is 0 Å². The third-order valence-corrected chi connectivity index (χ3v) is 1.86. The summed E-state index contributed by atoms with van der Waals surface area (Å²) in [7, 11) is 0. The van der Waals surface area contributed by atoms with Gasteiger partial charge in [0.15, 0.2) is 0 Å². The van der Waals surface area contributed by atoms with Crippen molar-refractivity contribution in [1.82, 2.24) is 0 Å². The van der Waals surface area contributed by atoms with E-state index in [4.69, 9.17) is 4.84 Å². The molecule has 0 spiro atoms. The number of nitrogens with zero attached hydrogens (tertiary/aromatic N) is 1. The molecule has 2 heteroatoms. The van der Waals surface area contributed by atoms with Crippen LogP contribution in [0.3, 0.4) is 0 Å². The SMILES string of the molecule is CCCCCO/N=C/c1cc[c]cc1. The fraction of sp³-hybridized carbons (Fsp3) is 0.417. The van der Waals surface area contributed by atoms with E-state index >= 15 is 0 Å². The predicted molar refractivity (Wildman–Crippen MR) is 58.3 cm³/mol. The highest BCUT2D eigenvalue weighted by molar-refractivity contribution is 5.78. The van der Waals surface area contributed by atoms with Gasteiger partial charge < -0.3 is 4.84 Å². The lowest BCUT2D eigenvalue weighted by atomic mass is 10.2. The number of hydrogen-bond acceptors (Lipinski definition) is 2. The molecule has 0 saturated carbocycles. The van der Waals surface area contributed by atoms with Gasteiger partial charge in [-0.2, -0.15) is 0 Å². The van der Waals surface area contributed by atoms with Gasteiger partial charge in [-0.1, -0.05) is 49.2 Å². The zero-order valence-electron chi connectivity index (χ0n) is 8.57. The van der Waals surface area contributed by atoms with Gasteiger partial charge in [0, 0.05) is 0 Å². The van der Waals surface area contributed by atoms with Crippen LogP contribution in [-0.2, 0) is 4.84 Å². The summed E-state index contributed by atoms with van der Waals surface area (Å²) in [6, 6.07) is 10.6. The van der Waals surface area contributed by atoms with Gasteiger partial charge in [0.05, 0.1) is 6.21 Å². The molecule has 0 aliphatic heterocycles. The van der Waals surface area contributed by atoms with Crippen LogP contribution in [-0.4, -0.2) is 12.8 Å². The minimum absolute atomic E-state index is 0.712. The minimum Gasteiger partial charge on any atom is -0.396 e. The van der Waals surface area contributed by atoms with Crippen LogP contribution in [0.25, 0.3) is 0 Å². The molecule has 2 nitrogen and oxygen atoms in total. The van der Waals surface area contributed by atoms with E-state index in [2.05, 4.69) is 18.1 Å². The fourth-order valence-corrected chi connectivity index (χ4v) is 1.05. The molecule has 0 aromatic heterocycles. The first-order chi connectivity index (χ1) is 6.93. The van der Waals surface area contributed by atoms with Crippen LogP contribution in [0.4, 0.5) is 0 Å². The van der Waals surface area contributed by atoms with E-state index in [0.717, 1.165) is 12.0 Å². The summed E-state index contributed by atoms with van der Waals surface area (Å²) in [5, 5.41) is 3.87. The maximum atomic E-state index is 5.10. The second-order valence-electron chi connectivity index (χ2n) is 3.11. The molecule has 0 aliphatic rings. The minimum atomic E-state index is 0.712. The molecule has 1 radical (unpaired) electrons. The standard InChI is InChI=1S/C12H16NO/c1-2-3-7-10-14-13-11-12-8-5-4-6-9-12/h5-6,8-9,11H,2-3,7,10H2,1H3/b13-11+. The first-order valence-corrected chi connectivity index (χ1v) is 5.05. The smallest absolute Gasteiger partial charge is 0.117 e. The van der Waals surface area contributed by atoms with Gasteiger partial charge in [0.2, 0.25) is 0 Å². The van der Waals surface area contributed by atoms with Crippen LogP contribution in [0.15, 0.2) is 29.4 Å². The highest BCUT2D eigenvalue weighted by Crippen LogP contribution is 1.96. The zero-order chi connectivity index (χ0) is 10.1. The van der Waals surface area contributed by atoms with Gasteiger partial charge in [-0.15, -0.1) is 0 Å². The predicted octanol–water partition coefficient (Wildman–Crippen LogP) is 3.03. The van der Waals surface area contributed by atoms with Crippen molar-refractivity contribution in [2.24, 2.45) is 5.16 Å². The first kappa shape index (κ1) is 10.8. The maximum absolute atomic E-state index is 5.10. The molecule has 0 atom stereocenters. The van der Waals surface area contributed by atoms with Crippen LogP contribution >= 0.6 is 0 Å². The number of rotatable bonds is 6. The molecule has 0 amide bonds. The Labute approximate surface area is 85.6 Å². The molecule has 0 saturated heterocycles. The Morgan fingerprint density at radius 2 is 2.14 bits per heavy atom. The van der Waals surface area contributed by atoms with E-state index in [1.54, 1.807) is 6.21 Å². The Kier molecular flexibility index (Phi) is 5.48. The van der Waals surface area contributed by atoms with Gasteiger partial charge in [-0.05, 0) is 18.1 Å². The van der Waals surface area contributed by atoms with Crippen molar-refractivity contribution in [2.75, 3.05) is 6.61 Å².